The fourth-order valence-electron chi connectivity index (χ4n) is 1.35. The molecular weight excluding hydrogens is 243 g/mol. The van der Waals surface area contributed by atoms with E-state index in [4.69, 9.17) is 0 Å². The van der Waals surface area contributed by atoms with Gasteiger partial charge in [0.1, 0.15) is 0 Å². The summed E-state index contributed by atoms with van der Waals surface area (Å²) in [6.45, 7) is -5.02. The van der Waals surface area contributed by atoms with Gasteiger partial charge >= 0.3 is 58.4 Å². The van der Waals surface area contributed by atoms with E-state index >= 15 is 0 Å². The summed E-state index contributed by atoms with van der Waals surface area (Å²) in [4.78, 5) is 0. The normalized spacial score (nSPS) is 10.9. The van der Waals surface area contributed by atoms with Crippen LogP contribution in [0.2, 0.25) is 0 Å². The third kappa shape index (κ3) is 2.98. The van der Waals surface area contributed by atoms with Crippen molar-refractivity contribution in [3.8, 4) is 5.69 Å². The molecule has 2 nitrogen and oxygen atoms in total. The zero-order valence-electron chi connectivity index (χ0n) is 8.65. The van der Waals surface area contributed by atoms with Crippen molar-refractivity contribution in [2.24, 2.45) is 0 Å². The molecule has 0 radical (unpaired) electrons. The summed E-state index contributed by atoms with van der Waals surface area (Å²) in [6.07, 6.45) is 1.15. The monoisotopic (exact) mass is 250 g/mol. The Morgan fingerprint density at radius 1 is 1.00 bits per heavy atom. The first-order valence-electron chi connectivity index (χ1n) is 4.38. The van der Waals surface area contributed by atoms with Gasteiger partial charge in [-0.1, -0.05) is 24.3 Å². The van der Waals surface area contributed by atoms with Crippen LogP contribution in [-0.4, -0.2) is 16.8 Å². The number of benzene rings is 1. The van der Waals surface area contributed by atoms with E-state index in [1.165, 1.54) is 0 Å². The number of para-hydroxylation sites is 1. The van der Waals surface area contributed by atoms with Crippen molar-refractivity contribution in [1.82, 2.24) is 9.78 Å². The van der Waals surface area contributed by atoms with E-state index in [1.54, 1.807) is 30.3 Å². The van der Waals surface area contributed by atoms with Gasteiger partial charge < -0.3 is 12.9 Å². The molecule has 7 heteroatoms. The van der Waals surface area contributed by atoms with Crippen molar-refractivity contribution in [3.05, 3.63) is 42.6 Å². The minimum absolute atomic E-state index is 0. The molecular formula is C9H7BF3KN2. The van der Waals surface area contributed by atoms with Gasteiger partial charge in [0, 0.05) is 6.20 Å². The maximum absolute atomic E-state index is 12.6. The van der Waals surface area contributed by atoms with Crippen molar-refractivity contribution in [2.75, 3.05) is 0 Å². The quantitative estimate of drug-likeness (QED) is 0.621. The molecule has 0 aliphatic heterocycles. The second-order valence-corrected chi connectivity index (χ2v) is 3.08. The largest absolute Gasteiger partial charge is 1.00 e. The minimum atomic E-state index is -5.02. The van der Waals surface area contributed by atoms with E-state index in [1.807, 2.05) is 0 Å². The smallest absolute Gasteiger partial charge is 0.444 e. The Labute approximate surface area is 133 Å². The number of hydrogen-bond donors (Lipinski definition) is 0. The molecule has 0 bridgehead atoms. The molecule has 78 valence electrons. The second-order valence-electron chi connectivity index (χ2n) is 3.08. The third-order valence-electron chi connectivity index (χ3n) is 2.01. The Hall–Kier alpha value is -0.0787. The van der Waals surface area contributed by atoms with Crippen LogP contribution in [0.15, 0.2) is 42.6 Å². The molecule has 0 atom stereocenters. The molecule has 0 fully saturated rings. The molecule has 1 aromatic carbocycles. The SMILES string of the molecule is F[B-](F)(F)c1ccnn1-c1ccccc1.[K+]. The van der Waals surface area contributed by atoms with E-state index < -0.39 is 12.6 Å². The molecule has 16 heavy (non-hydrogen) atoms. The third-order valence-corrected chi connectivity index (χ3v) is 2.01. The number of halogens is 3. The standard InChI is InChI=1S/C9H7BF3N2.K/c11-10(12,13)9-6-7-14-15(9)8-4-2-1-3-5-8;/h1-7H;/q-1;+1. The average Bonchev–Trinajstić information content (AvgIpc) is 2.67. The van der Waals surface area contributed by atoms with Crippen molar-refractivity contribution in [3.63, 3.8) is 0 Å². The zero-order chi connectivity index (χ0) is 10.9. The fraction of sp³-hybridized carbons (Fsp3) is 0. The second kappa shape index (κ2) is 5.50. The zero-order valence-corrected chi connectivity index (χ0v) is 11.8. The van der Waals surface area contributed by atoms with Gasteiger partial charge in [-0.15, -0.1) is 0 Å². The summed E-state index contributed by atoms with van der Waals surface area (Å²) in [5.74, 6) is 0. The van der Waals surface area contributed by atoms with Crippen LogP contribution >= 0.6 is 0 Å². The van der Waals surface area contributed by atoms with E-state index in [2.05, 4.69) is 5.10 Å². The molecule has 2 aromatic rings. The van der Waals surface area contributed by atoms with Crippen LogP contribution in [0.1, 0.15) is 0 Å². The Morgan fingerprint density at radius 2 is 1.62 bits per heavy atom. The van der Waals surface area contributed by atoms with Gasteiger partial charge in [-0.2, -0.15) is 5.10 Å². The molecule has 0 aliphatic rings. The molecule has 0 saturated heterocycles. The van der Waals surface area contributed by atoms with Crippen molar-refractivity contribution in [2.45, 2.75) is 0 Å². The molecule has 0 amide bonds. The maximum Gasteiger partial charge on any atom is 1.00 e. The van der Waals surface area contributed by atoms with Gasteiger partial charge in [-0.05, 0) is 17.7 Å². The van der Waals surface area contributed by atoms with E-state index in [-0.39, 0.29) is 51.4 Å². The van der Waals surface area contributed by atoms with E-state index in [0.29, 0.717) is 5.69 Å². The molecule has 0 N–H and O–H groups in total. The average molecular weight is 250 g/mol. The number of rotatable bonds is 2. The van der Waals surface area contributed by atoms with Crippen LogP contribution in [0.4, 0.5) is 12.9 Å². The van der Waals surface area contributed by atoms with E-state index in [9.17, 15) is 12.9 Å². The predicted octanol–water partition coefficient (Wildman–Crippen LogP) is -1.07. The van der Waals surface area contributed by atoms with Gasteiger partial charge in [0.25, 0.3) is 0 Å². The number of hydrogen-bond acceptors (Lipinski definition) is 1. The fourth-order valence-corrected chi connectivity index (χ4v) is 1.35. The van der Waals surface area contributed by atoms with Crippen LogP contribution in [0, 0.1) is 0 Å². The first-order chi connectivity index (χ1) is 7.09. The summed E-state index contributed by atoms with van der Waals surface area (Å²) in [6, 6.07) is 9.23. The first-order valence-corrected chi connectivity index (χ1v) is 4.38. The predicted molar refractivity (Wildman–Crippen MR) is 52.3 cm³/mol. The van der Waals surface area contributed by atoms with Crippen LogP contribution in [0.5, 0.6) is 0 Å². The summed E-state index contributed by atoms with van der Waals surface area (Å²) < 4.78 is 38.6. The molecule has 1 aromatic heterocycles. The Kier molecular flexibility index (Phi) is 4.81. The van der Waals surface area contributed by atoms with Crippen LogP contribution in [0.3, 0.4) is 0 Å². The maximum atomic E-state index is 12.6. The minimum Gasteiger partial charge on any atom is -0.444 e. The van der Waals surface area contributed by atoms with Gasteiger partial charge in [-0.3, -0.25) is 4.68 Å². The Balaban J connectivity index is 0.00000128. The Bertz CT molecular complexity index is 455. The Morgan fingerprint density at radius 3 is 2.19 bits per heavy atom. The molecule has 0 saturated carbocycles. The van der Waals surface area contributed by atoms with Gasteiger partial charge in [0.05, 0.1) is 5.69 Å². The molecule has 1 heterocycles. The van der Waals surface area contributed by atoms with Crippen molar-refractivity contribution < 1.29 is 64.3 Å². The van der Waals surface area contributed by atoms with Crippen molar-refractivity contribution >= 4 is 12.6 Å². The van der Waals surface area contributed by atoms with Gasteiger partial charge in [0.2, 0.25) is 0 Å². The first kappa shape index (κ1) is 14.0. The van der Waals surface area contributed by atoms with Crippen molar-refractivity contribution in [1.29, 1.82) is 0 Å². The molecule has 0 aliphatic carbocycles. The van der Waals surface area contributed by atoms with Crippen LogP contribution < -0.4 is 57.0 Å². The molecule has 0 spiro atoms. The van der Waals surface area contributed by atoms with E-state index in [0.717, 1.165) is 16.9 Å². The van der Waals surface area contributed by atoms with Crippen LogP contribution in [-0.2, 0) is 0 Å². The van der Waals surface area contributed by atoms with Crippen LogP contribution in [0.25, 0.3) is 5.69 Å². The topological polar surface area (TPSA) is 17.8 Å². The summed E-state index contributed by atoms with van der Waals surface area (Å²) in [5, 5.41) is 3.67. The molecule has 0 unspecified atom stereocenters. The molecule has 2 rings (SSSR count). The summed E-state index contributed by atoms with van der Waals surface area (Å²) in [7, 11) is 0. The number of nitrogens with zero attached hydrogens (tertiary/aromatic N) is 2. The summed E-state index contributed by atoms with van der Waals surface area (Å²) >= 11 is 0. The van der Waals surface area contributed by atoms with Gasteiger partial charge in [0.15, 0.2) is 0 Å². The summed E-state index contributed by atoms with van der Waals surface area (Å²) in [5.41, 5.74) is -0.294. The van der Waals surface area contributed by atoms with Gasteiger partial charge in [-0.25, -0.2) is 0 Å². The number of aromatic nitrogens is 2.